The van der Waals surface area contributed by atoms with E-state index in [0.29, 0.717) is 5.69 Å². The highest BCUT2D eigenvalue weighted by Crippen LogP contribution is 2.26. The van der Waals surface area contributed by atoms with E-state index in [0.717, 1.165) is 21.5 Å². The molecule has 0 aliphatic heterocycles. The van der Waals surface area contributed by atoms with Gasteiger partial charge in [-0.15, -0.1) is 0 Å². The van der Waals surface area contributed by atoms with E-state index in [1.165, 1.54) is 19.2 Å². The summed E-state index contributed by atoms with van der Waals surface area (Å²) >= 11 is 0. The second-order valence-electron chi connectivity index (χ2n) is 4.92. The summed E-state index contributed by atoms with van der Waals surface area (Å²) in [5.74, 6) is -0.573. The molecule has 0 amide bonds. The van der Waals surface area contributed by atoms with Crippen LogP contribution in [0.5, 0.6) is 0 Å². The zero-order valence-corrected chi connectivity index (χ0v) is 12.9. The van der Waals surface area contributed by atoms with Gasteiger partial charge in [0.15, 0.2) is 0 Å². The first-order valence-electron chi connectivity index (χ1n) is 6.34. The van der Waals surface area contributed by atoms with Crippen molar-refractivity contribution in [2.75, 3.05) is 17.1 Å². The van der Waals surface area contributed by atoms with E-state index in [9.17, 15) is 12.8 Å². The number of halogens is 1. The number of nitrogens with zero attached hydrogens (tertiary/aromatic N) is 1. The highest BCUT2D eigenvalue weighted by molar-refractivity contribution is 7.92. The van der Waals surface area contributed by atoms with E-state index in [4.69, 9.17) is 5.73 Å². The molecule has 0 aromatic heterocycles. The summed E-state index contributed by atoms with van der Waals surface area (Å²) in [5, 5.41) is 0. The molecule has 0 heterocycles. The maximum atomic E-state index is 13.2. The predicted molar refractivity (Wildman–Crippen MR) is 82.3 cm³/mol. The molecule has 0 bridgehead atoms. The van der Waals surface area contributed by atoms with Crippen molar-refractivity contribution in [3.8, 4) is 0 Å². The minimum atomic E-state index is -3.71. The van der Waals surface area contributed by atoms with Gasteiger partial charge in [0.2, 0.25) is 0 Å². The van der Waals surface area contributed by atoms with Gasteiger partial charge in [-0.05, 0) is 55.3 Å². The van der Waals surface area contributed by atoms with E-state index >= 15 is 0 Å². The van der Waals surface area contributed by atoms with Crippen LogP contribution >= 0.6 is 0 Å². The van der Waals surface area contributed by atoms with Crippen molar-refractivity contribution >= 4 is 21.4 Å². The molecule has 0 saturated carbocycles. The molecule has 2 N–H and O–H groups in total. The third kappa shape index (κ3) is 2.85. The predicted octanol–water partition coefficient (Wildman–Crippen LogP) is 2.85. The van der Waals surface area contributed by atoms with Crippen LogP contribution in [0, 0.1) is 19.7 Å². The van der Waals surface area contributed by atoms with Crippen LogP contribution in [0.3, 0.4) is 0 Å². The van der Waals surface area contributed by atoms with Crippen molar-refractivity contribution in [1.29, 1.82) is 0 Å². The van der Waals surface area contributed by atoms with Gasteiger partial charge in [0.25, 0.3) is 10.0 Å². The Kier molecular flexibility index (Phi) is 3.91. The van der Waals surface area contributed by atoms with Crippen molar-refractivity contribution in [3.05, 3.63) is 53.3 Å². The molecule has 0 unspecified atom stereocenters. The summed E-state index contributed by atoms with van der Waals surface area (Å²) < 4.78 is 39.4. The van der Waals surface area contributed by atoms with Gasteiger partial charge < -0.3 is 5.73 Å². The third-order valence-electron chi connectivity index (χ3n) is 3.48. The van der Waals surface area contributed by atoms with Gasteiger partial charge in [-0.3, -0.25) is 4.31 Å². The summed E-state index contributed by atoms with van der Waals surface area (Å²) in [6, 6.07) is 8.76. The Morgan fingerprint density at radius 2 is 1.71 bits per heavy atom. The van der Waals surface area contributed by atoms with Gasteiger partial charge in [0, 0.05) is 7.05 Å². The van der Waals surface area contributed by atoms with Crippen LogP contribution in [-0.2, 0) is 10.0 Å². The van der Waals surface area contributed by atoms with Gasteiger partial charge in [-0.2, -0.15) is 0 Å². The van der Waals surface area contributed by atoms with Gasteiger partial charge in [0.05, 0.1) is 16.3 Å². The number of benzene rings is 2. The fourth-order valence-electron chi connectivity index (χ4n) is 1.90. The highest BCUT2D eigenvalue weighted by atomic mass is 32.2. The number of nitrogens with two attached hydrogens (primary N) is 1. The van der Waals surface area contributed by atoms with E-state index in [2.05, 4.69) is 0 Å². The number of hydrogen-bond donors (Lipinski definition) is 1. The lowest BCUT2D eigenvalue weighted by atomic mass is 10.1. The minimum Gasteiger partial charge on any atom is -0.396 e. The first-order chi connectivity index (χ1) is 9.73. The number of rotatable bonds is 3. The minimum absolute atomic E-state index is 0.0883. The Morgan fingerprint density at radius 3 is 2.29 bits per heavy atom. The van der Waals surface area contributed by atoms with Crippen molar-refractivity contribution in [3.63, 3.8) is 0 Å². The first kappa shape index (κ1) is 15.3. The lowest BCUT2D eigenvalue weighted by Gasteiger charge is -2.20. The largest absolute Gasteiger partial charge is 0.396 e. The Labute approximate surface area is 124 Å². The molecule has 2 rings (SSSR count). The number of sulfonamides is 1. The zero-order valence-electron chi connectivity index (χ0n) is 12.1. The highest BCUT2D eigenvalue weighted by Gasteiger charge is 2.22. The number of aryl methyl sites for hydroxylation is 2. The average Bonchev–Trinajstić information content (AvgIpc) is 2.44. The lowest BCUT2D eigenvalue weighted by molar-refractivity contribution is 0.594. The van der Waals surface area contributed by atoms with E-state index in [1.807, 2.05) is 13.8 Å². The Bertz CT molecular complexity index is 788. The van der Waals surface area contributed by atoms with Crippen molar-refractivity contribution in [2.24, 2.45) is 0 Å². The van der Waals surface area contributed by atoms with Crippen molar-refractivity contribution in [2.45, 2.75) is 18.7 Å². The summed E-state index contributed by atoms with van der Waals surface area (Å²) in [6.07, 6.45) is 0. The molecule has 6 heteroatoms. The summed E-state index contributed by atoms with van der Waals surface area (Å²) in [4.78, 5) is 0.191. The normalized spacial score (nSPS) is 11.4. The van der Waals surface area contributed by atoms with Gasteiger partial charge in [0.1, 0.15) is 5.82 Å². The van der Waals surface area contributed by atoms with Gasteiger partial charge >= 0.3 is 0 Å². The molecule has 0 fully saturated rings. The fourth-order valence-corrected chi connectivity index (χ4v) is 3.17. The van der Waals surface area contributed by atoms with Crippen LogP contribution in [0.1, 0.15) is 11.1 Å². The van der Waals surface area contributed by atoms with Gasteiger partial charge in [-0.25, -0.2) is 12.8 Å². The molecular formula is C15H17FN2O2S. The molecule has 21 heavy (non-hydrogen) atoms. The monoisotopic (exact) mass is 308 g/mol. The number of nitrogen functional groups attached to an aromatic ring is 1. The SMILES string of the molecule is Cc1ccc(S(=O)(=O)N(C)c2ccc(F)c(N)c2)cc1C. The molecule has 0 saturated heterocycles. The maximum Gasteiger partial charge on any atom is 0.264 e. The molecule has 0 atom stereocenters. The van der Waals surface area contributed by atoms with Crippen LogP contribution in [0.15, 0.2) is 41.3 Å². The second kappa shape index (κ2) is 5.37. The zero-order chi connectivity index (χ0) is 15.8. The fraction of sp³-hybridized carbons (Fsp3) is 0.200. The van der Waals surface area contributed by atoms with E-state index in [1.54, 1.807) is 18.2 Å². The molecule has 0 aliphatic rings. The van der Waals surface area contributed by atoms with Crippen LogP contribution in [0.4, 0.5) is 15.8 Å². The quantitative estimate of drug-likeness (QED) is 0.887. The maximum absolute atomic E-state index is 13.2. The van der Waals surface area contributed by atoms with Crippen LogP contribution in [0.2, 0.25) is 0 Å². The molecule has 2 aromatic carbocycles. The average molecular weight is 308 g/mol. The van der Waals surface area contributed by atoms with Crippen LogP contribution < -0.4 is 10.0 Å². The molecule has 0 spiro atoms. The van der Waals surface area contributed by atoms with Crippen LogP contribution in [-0.4, -0.2) is 15.5 Å². The van der Waals surface area contributed by atoms with E-state index in [-0.39, 0.29) is 10.6 Å². The third-order valence-corrected chi connectivity index (χ3v) is 5.26. The molecular weight excluding hydrogens is 291 g/mol. The topological polar surface area (TPSA) is 63.4 Å². The Hall–Kier alpha value is -2.08. The van der Waals surface area contributed by atoms with Gasteiger partial charge in [-0.1, -0.05) is 6.07 Å². The van der Waals surface area contributed by atoms with Crippen molar-refractivity contribution < 1.29 is 12.8 Å². The number of anilines is 2. The summed E-state index contributed by atoms with van der Waals surface area (Å²) in [5.41, 5.74) is 7.62. The van der Waals surface area contributed by atoms with Crippen LogP contribution in [0.25, 0.3) is 0 Å². The standard InChI is InChI=1S/C15H17FN2O2S/c1-10-4-6-13(8-11(10)2)21(19,20)18(3)12-5-7-14(16)15(17)9-12/h4-9H,17H2,1-3H3. The molecule has 0 radical (unpaired) electrons. The lowest BCUT2D eigenvalue weighted by Crippen LogP contribution is -2.26. The molecule has 112 valence electrons. The molecule has 2 aromatic rings. The summed E-state index contributed by atoms with van der Waals surface area (Å²) in [7, 11) is -2.29. The molecule has 0 aliphatic carbocycles. The van der Waals surface area contributed by atoms with Crippen molar-refractivity contribution in [1.82, 2.24) is 0 Å². The first-order valence-corrected chi connectivity index (χ1v) is 7.78. The Morgan fingerprint density at radius 1 is 1.05 bits per heavy atom. The summed E-state index contributed by atoms with van der Waals surface area (Å²) in [6.45, 7) is 3.76. The molecule has 4 nitrogen and oxygen atoms in total. The van der Waals surface area contributed by atoms with E-state index < -0.39 is 15.8 Å². The Balaban J connectivity index is 2.46. The number of hydrogen-bond acceptors (Lipinski definition) is 3. The second-order valence-corrected chi connectivity index (χ2v) is 6.89. The smallest absolute Gasteiger partial charge is 0.264 e.